The molecule has 9 nitrogen and oxygen atoms in total. The van der Waals surface area contributed by atoms with Crippen molar-refractivity contribution in [2.24, 2.45) is 5.41 Å². The van der Waals surface area contributed by atoms with Gasteiger partial charge in [-0.2, -0.15) is 10.4 Å². The van der Waals surface area contributed by atoms with Crippen molar-refractivity contribution in [2.75, 3.05) is 0 Å². The normalized spacial score (nSPS) is 17.7. The van der Waals surface area contributed by atoms with E-state index in [4.69, 9.17) is 4.74 Å². The summed E-state index contributed by atoms with van der Waals surface area (Å²) in [4.78, 5) is 40.1. The molecule has 2 aromatic carbocycles. The number of hydrogen-bond acceptors (Lipinski definition) is 6. The maximum atomic E-state index is 14.8. The Morgan fingerprint density at radius 2 is 1.93 bits per heavy atom. The molecule has 0 radical (unpaired) electrons. The van der Waals surface area contributed by atoms with Gasteiger partial charge in [0, 0.05) is 11.6 Å². The van der Waals surface area contributed by atoms with Crippen molar-refractivity contribution >= 4 is 11.8 Å². The molecule has 2 heterocycles. The van der Waals surface area contributed by atoms with Gasteiger partial charge in [-0.25, -0.2) is 13.9 Å². The zero-order valence-corrected chi connectivity index (χ0v) is 22.5. The van der Waals surface area contributed by atoms with Gasteiger partial charge in [-0.05, 0) is 76.4 Å². The number of likely N-dealkylation sites (tertiary alicyclic amines) is 1. The second kappa shape index (κ2) is 11.3. The SMILES string of the molecule is Cc1cc(Oc2ccc(C(=O)N[C@H](C)C(=O)N3[C@H](c4cccc(F)c4)CC[C@@H]3C(C)(C)C#N)cc2F)c(=O)[nH]n1. The molecule has 0 saturated carbocycles. The summed E-state index contributed by atoms with van der Waals surface area (Å²) in [6, 6.07) is 11.1. The standard InChI is InChI=1S/C29H29F2N5O4/c1-16-12-24(27(38)35-34-16)40-23-10-8-19(14-21(23)31)26(37)33-17(2)28(39)36-22(18-6-5-7-20(30)13-18)9-11-25(36)29(3,4)15-32/h5-8,10,12-14,17,22,25H,9,11H2,1-4H3,(H,33,37)(H,35,38)/t17-,22+,25-/m1/s1. The first-order valence-corrected chi connectivity index (χ1v) is 12.7. The molecule has 1 aliphatic rings. The van der Waals surface area contributed by atoms with E-state index in [1.807, 2.05) is 0 Å². The number of rotatable bonds is 7. The molecule has 2 N–H and O–H groups in total. The summed E-state index contributed by atoms with van der Waals surface area (Å²) in [6.07, 6.45) is 1.05. The van der Waals surface area contributed by atoms with E-state index in [1.54, 1.807) is 37.8 Å². The highest BCUT2D eigenvalue weighted by atomic mass is 19.1. The summed E-state index contributed by atoms with van der Waals surface area (Å²) < 4.78 is 34.2. The Hall–Kier alpha value is -4.59. The van der Waals surface area contributed by atoms with Gasteiger partial charge < -0.3 is 15.0 Å². The van der Waals surface area contributed by atoms with E-state index in [-0.39, 0.29) is 17.1 Å². The summed E-state index contributed by atoms with van der Waals surface area (Å²) in [5.41, 5.74) is -0.543. The van der Waals surface area contributed by atoms with E-state index in [1.165, 1.54) is 37.3 Å². The lowest BCUT2D eigenvalue weighted by Gasteiger charge is -2.38. The number of hydrogen-bond donors (Lipinski definition) is 2. The number of benzene rings is 2. The molecule has 208 valence electrons. The van der Waals surface area contributed by atoms with Gasteiger partial charge in [-0.15, -0.1) is 0 Å². The van der Waals surface area contributed by atoms with Gasteiger partial charge >= 0.3 is 5.56 Å². The Morgan fingerprint density at radius 3 is 2.60 bits per heavy atom. The van der Waals surface area contributed by atoms with Gasteiger partial charge in [0.25, 0.3) is 5.91 Å². The van der Waals surface area contributed by atoms with Gasteiger partial charge in [0.05, 0.1) is 29.3 Å². The molecule has 0 unspecified atom stereocenters. The Morgan fingerprint density at radius 1 is 1.18 bits per heavy atom. The maximum Gasteiger partial charge on any atom is 0.307 e. The van der Waals surface area contributed by atoms with E-state index in [2.05, 4.69) is 21.6 Å². The van der Waals surface area contributed by atoms with Crippen LogP contribution in [0.25, 0.3) is 0 Å². The van der Waals surface area contributed by atoms with Crippen molar-refractivity contribution in [1.82, 2.24) is 20.4 Å². The van der Waals surface area contributed by atoms with Crippen LogP contribution in [0.2, 0.25) is 0 Å². The number of halogens is 2. The van der Waals surface area contributed by atoms with Crippen LogP contribution in [-0.2, 0) is 4.79 Å². The zero-order chi connectivity index (χ0) is 29.2. The molecule has 0 bridgehead atoms. The number of nitrogens with zero attached hydrogens (tertiary/aromatic N) is 3. The maximum absolute atomic E-state index is 14.8. The minimum absolute atomic E-state index is 0.0682. The van der Waals surface area contributed by atoms with E-state index < -0.39 is 52.5 Å². The van der Waals surface area contributed by atoms with Crippen LogP contribution in [0, 0.1) is 35.3 Å². The summed E-state index contributed by atoms with van der Waals surface area (Å²) in [5.74, 6) is -2.90. The summed E-state index contributed by atoms with van der Waals surface area (Å²) in [5, 5.41) is 18.3. The molecule has 2 amide bonds. The molecule has 11 heteroatoms. The average Bonchev–Trinajstić information content (AvgIpc) is 3.37. The largest absolute Gasteiger partial charge is 0.448 e. The van der Waals surface area contributed by atoms with Crippen LogP contribution in [0.3, 0.4) is 0 Å². The number of H-pyrrole nitrogens is 1. The van der Waals surface area contributed by atoms with E-state index in [0.717, 1.165) is 6.07 Å². The Balaban J connectivity index is 1.53. The number of ether oxygens (including phenoxy) is 1. The van der Waals surface area contributed by atoms with Crippen LogP contribution < -0.4 is 15.6 Å². The molecule has 3 atom stereocenters. The molecule has 0 spiro atoms. The minimum atomic E-state index is -1.03. The molecule has 1 aliphatic heterocycles. The number of carbonyl (C=O) groups excluding carboxylic acids is 2. The van der Waals surface area contributed by atoms with Gasteiger partial charge in [0.1, 0.15) is 11.9 Å². The molecule has 3 aromatic rings. The predicted octanol–water partition coefficient (Wildman–Crippen LogP) is 4.55. The number of nitrogens with one attached hydrogen (secondary N) is 2. The minimum Gasteiger partial charge on any atom is -0.448 e. The van der Waals surface area contributed by atoms with Crippen LogP contribution in [-0.4, -0.2) is 39.0 Å². The lowest BCUT2D eigenvalue weighted by molar-refractivity contribution is -0.137. The third kappa shape index (κ3) is 5.86. The number of aromatic amines is 1. The van der Waals surface area contributed by atoms with E-state index in [0.29, 0.717) is 24.1 Å². The quantitative estimate of drug-likeness (QED) is 0.445. The topological polar surface area (TPSA) is 128 Å². The molecule has 1 saturated heterocycles. The second-order valence-corrected chi connectivity index (χ2v) is 10.4. The molecule has 0 aliphatic carbocycles. The predicted molar refractivity (Wildman–Crippen MR) is 141 cm³/mol. The third-order valence-corrected chi connectivity index (χ3v) is 7.02. The highest BCUT2D eigenvalue weighted by molar-refractivity contribution is 5.97. The monoisotopic (exact) mass is 549 g/mol. The first-order chi connectivity index (χ1) is 18.9. The van der Waals surface area contributed by atoms with Crippen LogP contribution >= 0.6 is 0 Å². The summed E-state index contributed by atoms with van der Waals surface area (Å²) >= 11 is 0. The lowest BCUT2D eigenvalue weighted by atomic mass is 9.84. The number of aryl methyl sites for hydroxylation is 1. The van der Waals surface area contributed by atoms with Crippen LogP contribution in [0.1, 0.15) is 61.3 Å². The van der Waals surface area contributed by atoms with Gasteiger partial charge in [-0.3, -0.25) is 14.4 Å². The molecule has 1 fully saturated rings. The van der Waals surface area contributed by atoms with Crippen molar-refractivity contribution < 1.29 is 23.1 Å². The van der Waals surface area contributed by atoms with Gasteiger partial charge in [-0.1, -0.05) is 12.1 Å². The molecular weight excluding hydrogens is 520 g/mol. The number of aromatic nitrogens is 2. The first kappa shape index (κ1) is 28.4. The second-order valence-electron chi connectivity index (χ2n) is 10.4. The molecule has 1 aromatic heterocycles. The number of amides is 2. The average molecular weight is 550 g/mol. The summed E-state index contributed by atoms with van der Waals surface area (Å²) in [6.45, 7) is 6.61. The van der Waals surface area contributed by atoms with Crippen LogP contribution in [0.4, 0.5) is 8.78 Å². The van der Waals surface area contributed by atoms with E-state index >= 15 is 0 Å². The number of carbonyl (C=O) groups is 2. The molecule has 40 heavy (non-hydrogen) atoms. The zero-order valence-electron chi connectivity index (χ0n) is 22.5. The Bertz CT molecular complexity index is 1550. The van der Waals surface area contributed by atoms with Crippen molar-refractivity contribution in [3.05, 3.63) is 87.3 Å². The van der Waals surface area contributed by atoms with Crippen LogP contribution in [0.5, 0.6) is 11.5 Å². The fourth-order valence-electron chi connectivity index (χ4n) is 4.91. The van der Waals surface area contributed by atoms with Gasteiger partial charge in [0.15, 0.2) is 17.3 Å². The van der Waals surface area contributed by atoms with Crippen molar-refractivity contribution in [3.63, 3.8) is 0 Å². The Kier molecular flexibility index (Phi) is 8.00. The van der Waals surface area contributed by atoms with Gasteiger partial charge in [0.2, 0.25) is 5.91 Å². The van der Waals surface area contributed by atoms with E-state index in [9.17, 15) is 28.4 Å². The van der Waals surface area contributed by atoms with Crippen molar-refractivity contribution in [1.29, 1.82) is 5.26 Å². The third-order valence-electron chi connectivity index (χ3n) is 7.02. The summed E-state index contributed by atoms with van der Waals surface area (Å²) in [7, 11) is 0. The highest BCUT2D eigenvalue weighted by Gasteiger charge is 2.46. The Labute approximate surface area is 229 Å². The first-order valence-electron chi connectivity index (χ1n) is 12.7. The fraction of sp³-hybridized carbons (Fsp3) is 0.345. The highest BCUT2D eigenvalue weighted by Crippen LogP contribution is 2.43. The number of nitriles is 1. The van der Waals surface area contributed by atoms with Crippen molar-refractivity contribution in [3.8, 4) is 17.6 Å². The lowest BCUT2D eigenvalue weighted by Crippen LogP contribution is -2.52. The molecule has 4 rings (SSSR count). The smallest absolute Gasteiger partial charge is 0.307 e. The fourth-order valence-corrected chi connectivity index (χ4v) is 4.91. The van der Waals surface area contributed by atoms with Crippen molar-refractivity contribution in [2.45, 2.75) is 58.7 Å². The van der Waals surface area contributed by atoms with Crippen LogP contribution in [0.15, 0.2) is 53.3 Å². The molecular formula is C29H29F2N5O4.